The summed E-state index contributed by atoms with van der Waals surface area (Å²) >= 11 is 0. The summed E-state index contributed by atoms with van der Waals surface area (Å²) in [7, 11) is 0. The maximum absolute atomic E-state index is 12.1. The summed E-state index contributed by atoms with van der Waals surface area (Å²) in [4.78, 5) is 7.33. The zero-order valence-electron chi connectivity index (χ0n) is 8.79. The highest BCUT2D eigenvalue weighted by molar-refractivity contribution is 6.14. The predicted molar refractivity (Wildman–Crippen MR) is 63.4 cm³/mol. The van der Waals surface area contributed by atoms with Gasteiger partial charge in [0.1, 0.15) is 0 Å². The molecule has 17 heavy (non-hydrogen) atoms. The van der Waals surface area contributed by atoms with Crippen molar-refractivity contribution in [2.24, 2.45) is 0 Å². The molecule has 0 saturated carbocycles. The van der Waals surface area contributed by atoms with Crippen LogP contribution >= 0.6 is 0 Å². The first kappa shape index (κ1) is 9.55. The Bertz CT molecular complexity index is 775. The average Bonchev–Trinajstić information content (AvgIpc) is 2.40. The SMILES string of the molecule is N#[N+]c1c([O-])c2cccnc2c2ccccc12. The van der Waals surface area contributed by atoms with Crippen molar-refractivity contribution in [2.75, 3.05) is 0 Å². The zero-order valence-corrected chi connectivity index (χ0v) is 8.79. The number of nitrogens with zero attached hydrogens (tertiary/aromatic N) is 3. The van der Waals surface area contributed by atoms with Gasteiger partial charge in [0, 0.05) is 22.7 Å². The van der Waals surface area contributed by atoms with E-state index in [1.807, 2.05) is 12.1 Å². The molecule has 0 unspecified atom stereocenters. The Morgan fingerprint density at radius 2 is 1.71 bits per heavy atom. The van der Waals surface area contributed by atoms with Gasteiger partial charge in [-0.3, -0.25) is 4.98 Å². The van der Waals surface area contributed by atoms with E-state index >= 15 is 0 Å². The lowest BCUT2D eigenvalue weighted by Crippen LogP contribution is -1.93. The highest BCUT2D eigenvalue weighted by Crippen LogP contribution is 2.39. The molecule has 1 aromatic heterocycles. The van der Waals surface area contributed by atoms with Crippen LogP contribution in [0.4, 0.5) is 5.69 Å². The second-order valence-electron chi connectivity index (χ2n) is 3.72. The fraction of sp³-hybridized carbons (Fsp3) is 0. The molecule has 0 aliphatic carbocycles. The summed E-state index contributed by atoms with van der Waals surface area (Å²) < 4.78 is 0. The topological polar surface area (TPSA) is 64.1 Å². The normalized spacial score (nSPS) is 10.5. The van der Waals surface area contributed by atoms with Crippen molar-refractivity contribution in [3.8, 4) is 5.75 Å². The van der Waals surface area contributed by atoms with Crippen LogP contribution in [-0.2, 0) is 0 Å². The van der Waals surface area contributed by atoms with Crippen molar-refractivity contribution in [1.82, 2.24) is 4.98 Å². The fourth-order valence-electron chi connectivity index (χ4n) is 2.05. The molecule has 0 spiro atoms. The van der Waals surface area contributed by atoms with Gasteiger partial charge < -0.3 is 5.11 Å². The Kier molecular flexibility index (Phi) is 1.92. The number of fused-ring (bicyclic) bond motifs is 3. The third-order valence-corrected chi connectivity index (χ3v) is 2.80. The smallest absolute Gasteiger partial charge is 0.385 e. The van der Waals surface area contributed by atoms with Gasteiger partial charge in [-0.25, -0.2) is 0 Å². The standard InChI is InChI=1S/C13H7N3O/c14-16-12-9-5-2-1-4-8(9)11-10(13(12)17)6-3-7-15-11/h1-7H. The maximum Gasteiger partial charge on any atom is 0.385 e. The average molecular weight is 221 g/mol. The Morgan fingerprint density at radius 3 is 2.47 bits per heavy atom. The molecule has 0 aliphatic rings. The van der Waals surface area contributed by atoms with E-state index in [0.29, 0.717) is 16.3 Å². The number of hydrogen-bond donors (Lipinski definition) is 0. The van der Waals surface area contributed by atoms with Crippen molar-refractivity contribution in [3.63, 3.8) is 0 Å². The van der Waals surface area contributed by atoms with Gasteiger partial charge >= 0.3 is 5.69 Å². The highest BCUT2D eigenvalue weighted by atomic mass is 16.3. The summed E-state index contributed by atoms with van der Waals surface area (Å²) in [6.07, 6.45) is 1.64. The quantitative estimate of drug-likeness (QED) is 0.433. The third kappa shape index (κ3) is 1.23. The van der Waals surface area contributed by atoms with Crippen molar-refractivity contribution in [3.05, 3.63) is 47.6 Å². The van der Waals surface area contributed by atoms with Gasteiger partial charge in [0.2, 0.25) is 5.39 Å². The van der Waals surface area contributed by atoms with E-state index in [9.17, 15) is 5.11 Å². The van der Waals surface area contributed by atoms with Crippen molar-refractivity contribution in [1.29, 1.82) is 5.39 Å². The molecule has 0 N–H and O–H groups in total. The van der Waals surface area contributed by atoms with Crippen molar-refractivity contribution >= 4 is 27.4 Å². The molecule has 0 bridgehead atoms. The van der Waals surface area contributed by atoms with Crippen LogP contribution in [0.15, 0.2) is 42.6 Å². The van der Waals surface area contributed by atoms with Gasteiger partial charge in [-0.1, -0.05) is 24.3 Å². The van der Waals surface area contributed by atoms with Gasteiger partial charge in [-0.15, -0.1) is 0 Å². The van der Waals surface area contributed by atoms with Crippen LogP contribution in [0.5, 0.6) is 5.75 Å². The van der Waals surface area contributed by atoms with E-state index in [2.05, 4.69) is 9.96 Å². The molecule has 0 saturated heterocycles. The number of rotatable bonds is 0. The van der Waals surface area contributed by atoms with Crippen LogP contribution in [0.25, 0.3) is 26.7 Å². The predicted octanol–water partition coefficient (Wildman–Crippen LogP) is 2.95. The minimum atomic E-state index is -0.297. The Balaban J connectivity index is 2.70. The highest BCUT2D eigenvalue weighted by Gasteiger charge is 2.17. The summed E-state index contributed by atoms with van der Waals surface area (Å²) in [6.45, 7) is 0. The Labute approximate surface area is 96.8 Å². The second-order valence-corrected chi connectivity index (χ2v) is 3.72. The summed E-state index contributed by atoms with van der Waals surface area (Å²) in [5.41, 5.74) is 0.710. The van der Waals surface area contributed by atoms with E-state index in [1.165, 1.54) is 0 Å². The van der Waals surface area contributed by atoms with E-state index < -0.39 is 0 Å². The van der Waals surface area contributed by atoms with Gasteiger partial charge in [0.25, 0.3) is 0 Å². The minimum absolute atomic E-state index is 0.0705. The Hall–Kier alpha value is -2.67. The number of benzene rings is 2. The monoisotopic (exact) mass is 221 g/mol. The van der Waals surface area contributed by atoms with Crippen molar-refractivity contribution < 1.29 is 5.11 Å². The van der Waals surface area contributed by atoms with Crippen LogP contribution in [0, 0.1) is 5.39 Å². The molecule has 0 aliphatic heterocycles. The molecule has 0 radical (unpaired) electrons. The number of pyridine rings is 1. The second kappa shape index (κ2) is 3.42. The van der Waals surface area contributed by atoms with Crippen LogP contribution in [0.1, 0.15) is 0 Å². The number of diazo groups is 1. The van der Waals surface area contributed by atoms with Gasteiger partial charge in [0.05, 0.1) is 10.9 Å². The molecule has 2 aromatic carbocycles. The molecule has 3 aromatic rings. The Morgan fingerprint density at radius 1 is 1.00 bits per heavy atom. The lowest BCUT2D eigenvalue weighted by molar-refractivity contribution is -0.264. The van der Waals surface area contributed by atoms with E-state index in [1.54, 1.807) is 30.5 Å². The maximum atomic E-state index is 12.1. The molecule has 0 amide bonds. The van der Waals surface area contributed by atoms with Crippen LogP contribution in [0.3, 0.4) is 0 Å². The van der Waals surface area contributed by atoms with Gasteiger partial charge in [-0.05, 0) is 12.1 Å². The molecule has 4 heteroatoms. The molecular formula is C13H7N3O. The number of aromatic nitrogens is 1. The first-order valence-electron chi connectivity index (χ1n) is 5.14. The van der Waals surface area contributed by atoms with Crippen LogP contribution < -0.4 is 5.11 Å². The summed E-state index contributed by atoms with van der Waals surface area (Å²) in [5, 5.41) is 23.0. The lowest BCUT2D eigenvalue weighted by Gasteiger charge is -2.09. The molecule has 0 fully saturated rings. The molecule has 1 heterocycles. The van der Waals surface area contributed by atoms with Gasteiger partial charge in [-0.2, -0.15) is 0 Å². The van der Waals surface area contributed by atoms with E-state index in [4.69, 9.17) is 5.39 Å². The van der Waals surface area contributed by atoms with Gasteiger partial charge in [0.15, 0.2) is 4.98 Å². The number of hydrogen-bond acceptors (Lipinski definition) is 3. The van der Waals surface area contributed by atoms with E-state index in [0.717, 1.165) is 5.39 Å². The summed E-state index contributed by atoms with van der Waals surface area (Å²) in [5.74, 6) is -0.297. The van der Waals surface area contributed by atoms with Crippen LogP contribution in [0.2, 0.25) is 0 Å². The fourth-order valence-corrected chi connectivity index (χ4v) is 2.05. The summed E-state index contributed by atoms with van der Waals surface area (Å²) in [6, 6.07) is 10.7. The molecule has 0 atom stereocenters. The molecule has 80 valence electrons. The first-order chi connectivity index (χ1) is 8.33. The first-order valence-corrected chi connectivity index (χ1v) is 5.14. The molecule has 4 nitrogen and oxygen atoms in total. The molecule has 3 rings (SSSR count). The van der Waals surface area contributed by atoms with Crippen molar-refractivity contribution in [2.45, 2.75) is 0 Å². The third-order valence-electron chi connectivity index (χ3n) is 2.80. The minimum Gasteiger partial charge on any atom is -0.867 e. The van der Waals surface area contributed by atoms with E-state index in [-0.39, 0.29) is 11.4 Å². The molecular weight excluding hydrogens is 214 g/mol. The largest absolute Gasteiger partial charge is 0.867 e. The van der Waals surface area contributed by atoms with Crippen LogP contribution in [-0.4, -0.2) is 4.98 Å². The lowest BCUT2D eigenvalue weighted by atomic mass is 10.0. The zero-order chi connectivity index (χ0) is 11.8.